The van der Waals surface area contributed by atoms with Crippen LogP contribution in [-0.4, -0.2) is 56.6 Å². The fraction of sp³-hybridized carbons (Fsp3) is 0.346. The second-order valence-corrected chi connectivity index (χ2v) is 8.83. The van der Waals surface area contributed by atoms with Gasteiger partial charge in [-0.3, -0.25) is 0 Å². The minimum atomic E-state index is -1.44. The Morgan fingerprint density at radius 3 is 2.35 bits per heavy atom. The number of nitrogens with zero attached hydrogens (tertiary/aromatic N) is 1. The van der Waals surface area contributed by atoms with Crippen LogP contribution in [0.25, 0.3) is 0 Å². The van der Waals surface area contributed by atoms with Crippen molar-refractivity contribution in [2.75, 3.05) is 6.61 Å². The Morgan fingerprint density at radius 2 is 1.71 bits per heavy atom. The molecule has 34 heavy (non-hydrogen) atoms. The smallest absolute Gasteiger partial charge is 0.149 e. The summed E-state index contributed by atoms with van der Waals surface area (Å²) in [5.74, 6) is 6.91. The van der Waals surface area contributed by atoms with Crippen LogP contribution in [-0.2, 0) is 11.2 Å². The maximum atomic E-state index is 10.4. The number of ether oxygens (including phenoxy) is 1. The molecule has 2 aromatic carbocycles. The SMILES string of the molecule is Cc1noc(C)c1C#Cc1ccc(Cc2cc([C@@H]3O[C@H](CO)[C@@H](O)[C@H](O)[C@H]3O)ccc2Cl)cc1. The van der Waals surface area contributed by atoms with Crippen LogP contribution in [0.2, 0.25) is 5.02 Å². The molecule has 7 nitrogen and oxygen atoms in total. The maximum absolute atomic E-state index is 10.4. The summed E-state index contributed by atoms with van der Waals surface area (Å²) in [5, 5.41) is 44.5. The number of halogens is 1. The number of aliphatic hydroxyl groups is 4. The first kappa shape index (κ1) is 24.4. The minimum absolute atomic E-state index is 0.479. The maximum Gasteiger partial charge on any atom is 0.149 e. The van der Waals surface area contributed by atoms with Crippen molar-refractivity contribution < 1.29 is 29.7 Å². The largest absolute Gasteiger partial charge is 0.394 e. The summed E-state index contributed by atoms with van der Waals surface area (Å²) in [5.41, 5.74) is 4.82. The number of hydrogen-bond acceptors (Lipinski definition) is 7. The first-order chi connectivity index (χ1) is 16.3. The lowest BCUT2D eigenvalue weighted by molar-refractivity contribution is -0.231. The number of aliphatic hydroxyl groups excluding tert-OH is 4. The van der Waals surface area contributed by atoms with Gasteiger partial charge in [-0.2, -0.15) is 0 Å². The van der Waals surface area contributed by atoms with E-state index in [0.717, 1.165) is 27.9 Å². The van der Waals surface area contributed by atoms with Gasteiger partial charge in [0.05, 0.1) is 17.9 Å². The summed E-state index contributed by atoms with van der Waals surface area (Å²) in [6.45, 7) is 3.20. The van der Waals surface area contributed by atoms with Crippen LogP contribution in [0.5, 0.6) is 0 Å². The highest BCUT2D eigenvalue weighted by molar-refractivity contribution is 6.31. The van der Waals surface area contributed by atoms with Gasteiger partial charge in [-0.25, -0.2) is 0 Å². The van der Waals surface area contributed by atoms with Crippen LogP contribution in [0.15, 0.2) is 47.0 Å². The van der Waals surface area contributed by atoms with Crippen LogP contribution in [0.4, 0.5) is 0 Å². The molecule has 4 N–H and O–H groups in total. The van der Waals surface area contributed by atoms with Gasteiger partial charge in [0.15, 0.2) is 0 Å². The minimum Gasteiger partial charge on any atom is -0.394 e. The van der Waals surface area contributed by atoms with E-state index in [2.05, 4.69) is 17.0 Å². The van der Waals surface area contributed by atoms with E-state index in [1.54, 1.807) is 18.2 Å². The molecule has 0 saturated carbocycles. The molecule has 2 heterocycles. The highest BCUT2D eigenvalue weighted by Crippen LogP contribution is 2.34. The molecule has 1 aliphatic rings. The quantitative estimate of drug-likeness (QED) is 0.421. The predicted octanol–water partition coefficient (Wildman–Crippen LogP) is 2.45. The van der Waals surface area contributed by atoms with Crippen LogP contribution in [0, 0.1) is 25.7 Å². The molecule has 5 atom stereocenters. The van der Waals surface area contributed by atoms with Gasteiger partial charge in [0, 0.05) is 10.6 Å². The van der Waals surface area contributed by atoms with E-state index in [-0.39, 0.29) is 0 Å². The summed E-state index contributed by atoms with van der Waals surface area (Å²) >= 11 is 6.43. The standard InChI is InChI=1S/C26H26ClNO6/c1-14-20(15(2)34-28-14)9-7-16-3-5-17(6-4-16)11-19-12-18(8-10-21(19)27)26-25(32)24(31)23(30)22(13-29)33-26/h3-6,8,10,12,22-26,29-32H,11,13H2,1-2H3/t22-,23-,24+,25-,26+/m1/s1. The monoisotopic (exact) mass is 483 g/mol. The van der Waals surface area contributed by atoms with Gasteiger partial charge in [-0.05, 0) is 55.2 Å². The van der Waals surface area contributed by atoms with Gasteiger partial charge in [0.1, 0.15) is 36.3 Å². The van der Waals surface area contributed by atoms with Gasteiger partial charge >= 0.3 is 0 Å². The van der Waals surface area contributed by atoms with E-state index in [4.69, 9.17) is 20.9 Å². The average Bonchev–Trinajstić information content (AvgIpc) is 3.16. The Kier molecular flexibility index (Phi) is 7.39. The van der Waals surface area contributed by atoms with E-state index < -0.39 is 37.1 Å². The van der Waals surface area contributed by atoms with Crippen LogP contribution in [0.1, 0.15) is 45.4 Å². The zero-order chi connectivity index (χ0) is 24.4. The summed E-state index contributed by atoms with van der Waals surface area (Å²) < 4.78 is 10.8. The summed E-state index contributed by atoms with van der Waals surface area (Å²) in [6.07, 6.45) is -5.53. The molecule has 1 aliphatic heterocycles. The molecular weight excluding hydrogens is 458 g/mol. The zero-order valence-corrected chi connectivity index (χ0v) is 19.5. The van der Waals surface area contributed by atoms with Crippen molar-refractivity contribution in [3.8, 4) is 11.8 Å². The van der Waals surface area contributed by atoms with Gasteiger partial charge in [0.2, 0.25) is 0 Å². The van der Waals surface area contributed by atoms with Crippen LogP contribution < -0.4 is 0 Å². The molecule has 0 aliphatic carbocycles. The third-order valence-corrected chi connectivity index (χ3v) is 6.37. The number of aryl methyl sites for hydroxylation is 2. The molecule has 1 aromatic heterocycles. The molecule has 4 rings (SSSR count). The van der Waals surface area contributed by atoms with Crippen molar-refractivity contribution in [3.63, 3.8) is 0 Å². The van der Waals surface area contributed by atoms with Crippen LogP contribution in [0.3, 0.4) is 0 Å². The number of rotatable bonds is 4. The summed E-state index contributed by atoms with van der Waals surface area (Å²) in [6, 6.07) is 13.0. The van der Waals surface area contributed by atoms with Crippen molar-refractivity contribution in [2.24, 2.45) is 0 Å². The molecule has 1 saturated heterocycles. The summed E-state index contributed by atoms with van der Waals surface area (Å²) in [4.78, 5) is 0. The topological polar surface area (TPSA) is 116 Å². The van der Waals surface area contributed by atoms with Crippen molar-refractivity contribution in [2.45, 2.75) is 50.8 Å². The molecule has 0 radical (unpaired) electrons. The van der Waals surface area contributed by atoms with Crippen LogP contribution >= 0.6 is 11.6 Å². The first-order valence-corrected chi connectivity index (χ1v) is 11.3. The number of benzene rings is 2. The Bertz CT molecular complexity index is 1190. The van der Waals surface area contributed by atoms with Crippen molar-refractivity contribution in [1.29, 1.82) is 0 Å². The molecule has 178 valence electrons. The Labute approximate surface area is 202 Å². The predicted molar refractivity (Wildman–Crippen MR) is 125 cm³/mol. The van der Waals surface area contributed by atoms with E-state index in [1.807, 2.05) is 38.1 Å². The molecule has 1 fully saturated rings. The lowest BCUT2D eigenvalue weighted by atomic mass is 9.90. The second-order valence-electron chi connectivity index (χ2n) is 8.42. The first-order valence-electron chi connectivity index (χ1n) is 10.9. The van der Waals surface area contributed by atoms with Gasteiger partial charge in [-0.1, -0.05) is 52.9 Å². The van der Waals surface area contributed by atoms with Crippen molar-refractivity contribution in [1.82, 2.24) is 5.16 Å². The number of aromatic nitrogens is 1. The Hall–Kier alpha value is -2.70. The molecule has 8 heteroatoms. The summed E-state index contributed by atoms with van der Waals surface area (Å²) in [7, 11) is 0. The lowest BCUT2D eigenvalue weighted by Gasteiger charge is -2.40. The van der Waals surface area contributed by atoms with E-state index in [1.165, 1.54) is 0 Å². The third-order valence-electron chi connectivity index (χ3n) is 6.00. The van der Waals surface area contributed by atoms with E-state index in [0.29, 0.717) is 22.8 Å². The van der Waals surface area contributed by atoms with Gasteiger partial charge < -0.3 is 29.7 Å². The highest BCUT2D eigenvalue weighted by Gasteiger charge is 2.44. The fourth-order valence-corrected chi connectivity index (χ4v) is 4.19. The fourth-order valence-electron chi connectivity index (χ4n) is 4.01. The van der Waals surface area contributed by atoms with Crippen molar-refractivity contribution >= 4 is 11.6 Å². The van der Waals surface area contributed by atoms with Crippen molar-refractivity contribution in [3.05, 3.63) is 86.8 Å². The normalized spacial score (nSPS) is 24.5. The molecule has 0 spiro atoms. The lowest BCUT2D eigenvalue weighted by Crippen LogP contribution is -2.55. The molecule has 0 amide bonds. The van der Waals surface area contributed by atoms with E-state index in [9.17, 15) is 20.4 Å². The van der Waals surface area contributed by atoms with E-state index >= 15 is 0 Å². The third kappa shape index (κ3) is 5.03. The second kappa shape index (κ2) is 10.3. The van der Waals surface area contributed by atoms with Gasteiger partial charge in [0.25, 0.3) is 0 Å². The Balaban J connectivity index is 1.52. The van der Waals surface area contributed by atoms with Gasteiger partial charge in [-0.15, -0.1) is 0 Å². The molecule has 0 unspecified atom stereocenters. The average molecular weight is 484 g/mol. The molecule has 3 aromatic rings. The zero-order valence-electron chi connectivity index (χ0n) is 18.8. The molecular formula is C26H26ClNO6. The molecule has 0 bridgehead atoms. The number of hydrogen-bond donors (Lipinski definition) is 4. The Morgan fingerprint density at radius 1 is 0.971 bits per heavy atom. The highest BCUT2D eigenvalue weighted by atomic mass is 35.5.